The fourth-order valence-corrected chi connectivity index (χ4v) is 3.78. The molecule has 8 nitrogen and oxygen atoms in total. The molecule has 0 saturated heterocycles. The number of nitrogens with zero attached hydrogens (tertiary/aromatic N) is 4. The van der Waals surface area contributed by atoms with E-state index in [0.717, 1.165) is 21.5 Å². The van der Waals surface area contributed by atoms with Gasteiger partial charge in [-0.05, 0) is 42.8 Å². The molecule has 0 saturated carbocycles. The van der Waals surface area contributed by atoms with Crippen LogP contribution in [-0.4, -0.2) is 31.8 Å². The van der Waals surface area contributed by atoms with E-state index in [-0.39, 0.29) is 6.61 Å². The maximum atomic E-state index is 13.0. The van der Waals surface area contributed by atoms with Gasteiger partial charge in [0.05, 0.1) is 16.6 Å². The van der Waals surface area contributed by atoms with Gasteiger partial charge < -0.3 is 4.74 Å². The van der Waals surface area contributed by atoms with Gasteiger partial charge in [-0.25, -0.2) is 14.2 Å². The van der Waals surface area contributed by atoms with Crippen LogP contribution in [-0.2, 0) is 4.79 Å². The van der Waals surface area contributed by atoms with Gasteiger partial charge in [-0.15, -0.1) is 0 Å². The van der Waals surface area contributed by atoms with Crippen molar-refractivity contribution >= 4 is 34.1 Å². The molecule has 1 N–H and O–H groups in total. The van der Waals surface area contributed by atoms with Gasteiger partial charge >= 0.3 is 0 Å². The van der Waals surface area contributed by atoms with Crippen molar-refractivity contribution in [1.29, 1.82) is 0 Å². The van der Waals surface area contributed by atoms with Crippen molar-refractivity contribution < 1.29 is 9.53 Å². The van der Waals surface area contributed by atoms with Gasteiger partial charge in [0.1, 0.15) is 5.75 Å². The number of benzene rings is 2. The molecule has 5 aromatic rings. The van der Waals surface area contributed by atoms with E-state index in [1.807, 2.05) is 49.4 Å². The molecular formula is C24H18ClN5O3. The number of carbonyl (C=O) groups is 1. The molecule has 164 valence electrons. The Bertz CT molecular complexity index is 1540. The van der Waals surface area contributed by atoms with E-state index in [1.54, 1.807) is 22.7 Å². The predicted octanol–water partition coefficient (Wildman–Crippen LogP) is 3.82. The highest BCUT2D eigenvalue weighted by atomic mass is 35.5. The molecule has 2 aromatic carbocycles. The highest BCUT2D eigenvalue weighted by Gasteiger charge is 2.17. The molecule has 3 aromatic heterocycles. The standard InChI is InChI=1S/C24H18ClN5O3/c1-15-22(16-7-9-17(25)10-8-16)23-26-13-19-20(30(23)27-15)11-12-29(24(19)32)28-21(31)14-33-18-5-3-2-4-6-18/h2-13H,14H2,1H3,(H,28,31). The van der Waals surface area contributed by atoms with Crippen molar-refractivity contribution in [2.24, 2.45) is 0 Å². The van der Waals surface area contributed by atoms with Crippen molar-refractivity contribution in [3.05, 3.63) is 94.1 Å². The Morgan fingerprint density at radius 1 is 1.09 bits per heavy atom. The second-order valence-electron chi connectivity index (χ2n) is 7.39. The Labute approximate surface area is 193 Å². The molecule has 5 rings (SSSR count). The molecule has 0 aliphatic heterocycles. The zero-order valence-corrected chi connectivity index (χ0v) is 18.3. The maximum Gasteiger partial charge on any atom is 0.280 e. The normalized spacial score (nSPS) is 11.1. The molecule has 0 unspecified atom stereocenters. The topological polar surface area (TPSA) is 90.5 Å². The number of rotatable bonds is 5. The summed E-state index contributed by atoms with van der Waals surface area (Å²) in [4.78, 5) is 29.8. The number of ether oxygens (including phenoxy) is 1. The molecule has 3 heterocycles. The number of pyridine rings is 1. The molecule has 0 bridgehead atoms. The lowest BCUT2D eigenvalue weighted by Gasteiger charge is -2.10. The van der Waals surface area contributed by atoms with Gasteiger partial charge in [0.25, 0.3) is 11.5 Å². The van der Waals surface area contributed by atoms with Gasteiger partial charge in [0, 0.05) is 23.0 Å². The summed E-state index contributed by atoms with van der Waals surface area (Å²) in [6.45, 7) is 1.66. The second-order valence-corrected chi connectivity index (χ2v) is 7.82. The third-order valence-corrected chi connectivity index (χ3v) is 5.43. The summed E-state index contributed by atoms with van der Waals surface area (Å²) in [5, 5.41) is 5.56. The third kappa shape index (κ3) is 3.92. The Hall–Kier alpha value is -4.17. The van der Waals surface area contributed by atoms with Crippen molar-refractivity contribution in [3.8, 4) is 16.9 Å². The molecule has 0 aliphatic rings. The van der Waals surface area contributed by atoms with Crippen LogP contribution < -0.4 is 15.7 Å². The zero-order chi connectivity index (χ0) is 22.9. The first kappa shape index (κ1) is 20.7. The van der Waals surface area contributed by atoms with Crippen LogP contribution in [0, 0.1) is 6.92 Å². The van der Waals surface area contributed by atoms with E-state index in [1.165, 1.54) is 12.4 Å². The van der Waals surface area contributed by atoms with E-state index in [4.69, 9.17) is 16.3 Å². The van der Waals surface area contributed by atoms with Gasteiger partial charge in [-0.2, -0.15) is 5.10 Å². The molecule has 1 amide bonds. The Morgan fingerprint density at radius 2 is 1.85 bits per heavy atom. The molecule has 0 radical (unpaired) electrons. The maximum absolute atomic E-state index is 13.0. The molecule has 33 heavy (non-hydrogen) atoms. The third-order valence-electron chi connectivity index (χ3n) is 5.18. The average Bonchev–Trinajstić information content (AvgIpc) is 3.17. The van der Waals surface area contributed by atoms with Crippen molar-refractivity contribution in [2.45, 2.75) is 6.92 Å². The monoisotopic (exact) mass is 459 g/mol. The second kappa shape index (κ2) is 8.40. The Morgan fingerprint density at radius 3 is 2.61 bits per heavy atom. The van der Waals surface area contributed by atoms with E-state index >= 15 is 0 Å². The fourth-order valence-electron chi connectivity index (χ4n) is 3.65. The SMILES string of the molecule is Cc1nn2c(ncc3c(=O)n(NC(=O)COc4ccccc4)ccc32)c1-c1ccc(Cl)cc1. The lowest BCUT2D eigenvalue weighted by Crippen LogP contribution is -2.35. The summed E-state index contributed by atoms with van der Waals surface area (Å²) >= 11 is 6.02. The summed E-state index contributed by atoms with van der Waals surface area (Å²) in [6.07, 6.45) is 2.99. The summed E-state index contributed by atoms with van der Waals surface area (Å²) < 4.78 is 8.18. The fraction of sp³-hybridized carbons (Fsp3) is 0.0833. The first-order chi connectivity index (χ1) is 16.0. The molecule has 0 fully saturated rings. The summed E-state index contributed by atoms with van der Waals surface area (Å²) in [5.41, 5.74) is 5.89. The highest BCUT2D eigenvalue weighted by Crippen LogP contribution is 2.29. The first-order valence-electron chi connectivity index (χ1n) is 10.1. The van der Waals surface area contributed by atoms with Crippen molar-refractivity contribution in [2.75, 3.05) is 12.0 Å². The summed E-state index contributed by atoms with van der Waals surface area (Å²) in [5.74, 6) is 0.102. The molecule has 0 spiro atoms. The van der Waals surface area contributed by atoms with Gasteiger partial charge in [0.2, 0.25) is 0 Å². The number of amides is 1. The van der Waals surface area contributed by atoms with E-state index < -0.39 is 11.5 Å². The Kier molecular flexibility index (Phi) is 5.27. The van der Waals surface area contributed by atoms with Gasteiger partial charge in [-0.1, -0.05) is 41.9 Å². The predicted molar refractivity (Wildman–Crippen MR) is 126 cm³/mol. The number of fused-ring (bicyclic) bond motifs is 3. The van der Waals surface area contributed by atoms with E-state index in [9.17, 15) is 9.59 Å². The van der Waals surface area contributed by atoms with Crippen LogP contribution in [0.4, 0.5) is 0 Å². The molecule has 9 heteroatoms. The van der Waals surface area contributed by atoms with Crippen molar-refractivity contribution in [3.63, 3.8) is 0 Å². The number of hydrogen-bond acceptors (Lipinski definition) is 5. The highest BCUT2D eigenvalue weighted by molar-refractivity contribution is 6.30. The minimum absolute atomic E-state index is 0.228. The zero-order valence-electron chi connectivity index (χ0n) is 17.5. The Balaban J connectivity index is 1.47. The van der Waals surface area contributed by atoms with Gasteiger partial charge in [0.15, 0.2) is 12.3 Å². The van der Waals surface area contributed by atoms with E-state index in [2.05, 4.69) is 15.5 Å². The number of carbonyl (C=O) groups excluding carboxylic acids is 1. The summed E-state index contributed by atoms with van der Waals surface area (Å²) in [7, 11) is 0. The van der Waals surface area contributed by atoms with Crippen LogP contribution in [0.15, 0.2) is 77.9 Å². The van der Waals surface area contributed by atoms with E-state index in [0.29, 0.717) is 27.3 Å². The van der Waals surface area contributed by atoms with Crippen LogP contribution in [0.2, 0.25) is 5.02 Å². The van der Waals surface area contributed by atoms with Crippen LogP contribution in [0.5, 0.6) is 5.75 Å². The quantitative estimate of drug-likeness (QED) is 0.431. The lowest BCUT2D eigenvalue weighted by atomic mass is 10.1. The minimum Gasteiger partial charge on any atom is -0.484 e. The number of halogens is 1. The molecule has 0 atom stereocenters. The molecular weight excluding hydrogens is 442 g/mol. The lowest BCUT2D eigenvalue weighted by molar-refractivity contribution is -0.119. The molecule has 0 aliphatic carbocycles. The number of hydrogen-bond donors (Lipinski definition) is 1. The number of para-hydroxylation sites is 1. The van der Waals surface area contributed by atoms with Crippen LogP contribution in [0.3, 0.4) is 0 Å². The smallest absolute Gasteiger partial charge is 0.280 e. The van der Waals surface area contributed by atoms with Crippen LogP contribution in [0.1, 0.15) is 5.69 Å². The van der Waals surface area contributed by atoms with Crippen molar-refractivity contribution in [1.82, 2.24) is 19.3 Å². The van der Waals surface area contributed by atoms with Gasteiger partial charge in [-0.3, -0.25) is 15.0 Å². The number of aryl methyl sites for hydroxylation is 1. The van der Waals surface area contributed by atoms with Crippen LogP contribution >= 0.6 is 11.6 Å². The summed E-state index contributed by atoms with van der Waals surface area (Å²) in [6, 6.07) is 18.1. The largest absolute Gasteiger partial charge is 0.484 e. The first-order valence-corrected chi connectivity index (χ1v) is 10.5. The average molecular weight is 460 g/mol. The minimum atomic E-state index is -0.464. The number of nitrogens with one attached hydrogen (secondary N) is 1. The number of aromatic nitrogens is 4. The van der Waals surface area contributed by atoms with Crippen LogP contribution in [0.25, 0.3) is 27.7 Å².